The van der Waals surface area contributed by atoms with Crippen LogP contribution in [0.3, 0.4) is 0 Å². The highest BCUT2D eigenvalue weighted by atomic mass is 16.3. The molecule has 0 spiro atoms. The van der Waals surface area contributed by atoms with Gasteiger partial charge in [-0.25, -0.2) is 0 Å². The van der Waals surface area contributed by atoms with E-state index in [2.05, 4.69) is 329 Å². The number of anilines is 9. The van der Waals surface area contributed by atoms with Gasteiger partial charge < -0.3 is 23.7 Å². The molecule has 4 heterocycles. The predicted molar refractivity (Wildman–Crippen MR) is 370 cm³/mol. The van der Waals surface area contributed by atoms with Crippen molar-refractivity contribution in [3.8, 4) is 5.69 Å². The molecule has 0 saturated heterocycles. The van der Waals surface area contributed by atoms with Crippen LogP contribution in [0.1, 0.15) is 132 Å². The highest BCUT2D eigenvalue weighted by Gasteiger charge is 2.46. The van der Waals surface area contributed by atoms with Crippen LogP contribution in [0.2, 0.25) is 0 Å². The van der Waals surface area contributed by atoms with Crippen molar-refractivity contribution in [1.29, 1.82) is 0 Å². The molecule has 5 nitrogen and oxygen atoms in total. The van der Waals surface area contributed by atoms with Crippen LogP contribution in [-0.2, 0) is 27.1 Å². The van der Waals surface area contributed by atoms with E-state index in [-0.39, 0.29) is 33.8 Å². The lowest BCUT2D eigenvalue weighted by Crippen LogP contribution is -2.61. The van der Waals surface area contributed by atoms with Crippen LogP contribution in [0.5, 0.6) is 0 Å². The topological polar surface area (TPSA) is 27.8 Å². The Bertz CT molecular complexity index is 4530. The summed E-state index contributed by atoms with van der Waals surface area (Å²) in [5.74, 6) is 0. The maximum atomic E-state index is 7.55. The molecule has 0 unspecified atom stereocenters. The highest BCUT2D eigenvalue weighted by molar-refractivity contribution is 7.00. The molecule has 14 rings (SSSR count). The van der Waals surface area contributed by atoms with Gasteiger partial charge in [0.25, 0.3) is 6.71 Å². The molecule has 0 saturated carbocycles. The number of benzene rings is 10. The summed E-state index contributed by atoms with van der Waals surface area (Å²) >= 11 is 0. The normalized spacial score (nSPS) is 13.7. The predicted octanol–water partition coefficient (Wildman–Crippen LogP) is 20.7. The van der Waals surface area contributed by atoms with Crippen LogP contribution < -0.4 is 31.1 Å². The molecule has 6 heteroatoms. The van der Waals surface area contributed by atoms with Gasteiger partial charge in [-0.2, -0.15) is 0 Å². The zero-order chi connectivity index (χ0) is 60.1. The van der Waals surface area contributed by atoms with E-state index in [0.717, 1.165) is 84.2 Å². The summed E-state index contributed by atoms with van der Waals surface area (Å²) in [6.45, 7) is 34.4. The van der Waals surface area contributed by atoms with Crippen molar-refractivity contribution >= 4 is 118 Å². The van der Waals surface area contributed by atoms with Crippen molar-refractivity contribution < 1.29 is 4.42 Å². The van der Waals surface area contributed by atoms with Gasteiger partial charge in [-0.05, 0) is 168 Å². The van der Waals surface area contributed by atoms with Gasteiger partial charge in [0.15, 0.2) is 5.58 Å². The van der Waals surface area contributed by atoms with Crippen LogP contribution in [0, 0.1) is 0 Å². The first-order valence-corrected chi connectivity index (χ1v) is 30.9. The van der Waals surface area contributed by atoms with E-state index in [4.69, 9.17) is 4.42 Å². The average molecular weight is 1120 g/mol. The Kier molecular flexibility index (Phi) is 12.4. The van der Waals surface area contributed by atoms with E-state index in [9.17, 15) is 0 Å². The monoisotopic (exact) mass is 1120 g/mol. The lowest BCUT2D eigenvalue weighted by Gasteiger charge is -2.45. The second-order valence-electron chi connectivity index (χ2n) is 29.6. The molecule has 12 aromatic rings. The van der Waals surface area contributed by atoms with Crippen LogP contribution in [0.4, 0.5) is 51.2 Å². The Hall–Kier alpha value is -8.74. The third-order valence-corrected chi connectivity index (χ3v) is 18.6. The smallest absolute Gasteiger partial charge is 0.252 e. The lowest BCUT2D eigenvalue weighted by molar-refractivity contribution is 0.589. The largest absolute Gasteiger partial charge is 0.454 e. The van der Waals surface area contributed by atoms with Gasteiger partial charge in [-0.1, -0.05) is 213 Å². The third-order valence-electron chi connectivity index (χ3n) is 18.6. The first-order chi connectivity index (χ1) is 40.8. The SMILES string of the molecule is CC(C)(C)c1ccc(N(c2ccc(C(C)(C)C)cc2)c2ccc3c(c2)N(c2ccc(C(C)(C)C)cc2)c2cc(C(C)(C)C)cc4c2B3c2cc(-n3c5ccccc5c5ccccc53)c3c(oc5ccccc53)c2N4c2ccc(C(C)(C)C)cc2)cc1. The molecule has 0 atom stereocenters. The van der Waals surface area contributed by atoms with Crippen molar-refractivity contribution in [2.24, 2.45) is 0 Å². The Morgan fingerprint density at radius 1 is 0.349 bits per heavy atom. The molecule has 428 valence electrons. The van der Waals surface area contributed by atoms with Crippen LogP contribution >= 0.6 is 0 Å². The van der Waals surface area contributed by atoms with Crippen molar-refractivity contribution in [2.75, 3.05) is 14.7 Å². The van der Waals surface area contributed by atoms with Crippen molar-refractivity contribution in [3.63, 3.8) is 0 Å². The van der Waals surface area contributed by atoms with Crippen LogP contribution in [0.15, 0.2) is 211 Å². The molecule has 0 radical (unpaired) electrons. The Balaban J connectivity index is 1.13. The summed E-state index contributed by atoms with van der Waals surface area (Å²) in [4.78, 5) is 7.62. The summed E-state index contributed by atoms with van der Waals surface area (Å²) in [5, 5.41) is 4.62. The van der Waals surface area contributed by atoms with Crippen molar-refractivity contribution in [3.05, 3.63) is 234 Å². The number of furan rings is 1. The quantitative estimate of drug-likeness (QED) is 0.155. The second kappa shape index (κ2) is 19.4. The van der Waals surface area contributed by atoms with E-state index < -0.39 is 0 Å². The minimum atomic E-state index is -0.225. The molecule has 10 aromatic carbocycles. The minimum Gasteiger partial charge on any atom is -0.454 e. The molecule has 86 heavy (non-hydrogen) atoms. The van der Waals surface area contributed by atoms with Gasteiger partial charge >= 0.3 is 0 Å². The highest BCUT2D eigenvalue weighted by Crippen LogP contribution is 2.52. The fourth-order valence-electron chi connectivity index (χ4n) is 13.7. The van der Waals surface area contributed by atoms with E-state index in [1.807, 2.05) is 0 Å². The lowest BCUT2D eigenvalue weighted by atomic mass is 9.33. The number of hydrogen-bond acceptors (Lipinski definition) is 4. The number of aromatic nitrogens is 1. The standard InChI is InChI=1S/C80H79BN4O/c1-76(2,3)50-28-36-55(37-29-50)82(56-38-30-51(31-39-56)77(4,5)6)59-44-45-63-67(48-59)83(57-40-32-52(33-41-57)78(7,8)9)69-46-54(80(13,14)15)47-70-73(69)81(63)64-49-68(85-65-25-19-16-22-60(65)61-23-17-20-26-66(61)85)72-62-24-18-21-27-71(62)86-75(72)74(64)84(70)58-42-34-53(35-43-58)79(10,11)12/h16-49H,1-15H3. The summed E-state index contributed by atoms with van der Waals surface area (Å²) in [5.41, 5.74) is 25.0. The van der Waals surface area contributed by atoms with Gasteiger partial charge in [-0.15, -0.1) is 0 Å². The molecule has 0 bridgehead atoms. The summed E-state index contributed by atoms with van der Waals surface area (Å²) < 4.78 is 10.1. The van der Waals surface area contributed by atoms with Gasteiger partial charge in [0.2, 0.25) is 0 Å². The van der Waals surface area contributed by atoms with E-state index in [1.54, 1.807) is 0 Å². The molecular weight excluding hydrogens is 1040 g/mol. The molecule has 2 aromatic heterocycles. The van der Waals surface area contributed by atoms with E-state index in [1.165, 1.54) is 60.7 Å². The van der Waals surface area contributed by atoms with Crippen molar-refractivity contribution in [1.82, 2.24) is 4.57 Å². The summed E-state index contributed by atoms with van der Waals surface area (Å²) in [6.07, 6.45) is 0. The third kappa shape index (κ3) is 8.96. The fourth-order valence-corrected chi connectivity index (χ4v) is 13.7. The first-order valence-electron chi connectivity index (χ1n) is 30.9. The zero-order valence-electron chi connectivity index (χ0n) is 52.9. The number of para-hydroxylation sites is 3. The second-order valence-corrected chi connectivity index (χ2v) is 29.6. The first kappa shape index (κ1) is 55.2. The van der Waals surface area contributed by atoms with Crippen LogP contribution in [0.25, 0.3) is 49.4 Å². The Labute approximate surface area is 509 Å². The Morgan fingerprint density at radius 2 is 0.767 bits per heavy atom. The molecule has 2 aliphatic rings. The Morgan fingerprint density at radius 3 is 1.26 bits per heavy atom. The molecular formula is C80H79BN4O. The van der Waals surface area contributed by atoms with E-state index in [0.29, 0.717) is 0 Å². The summed E-state index contributed by atoms with van der Waals surface area (Å²) in [7, 11) is 0. The maximum Gasteiger partial charge on any atom is 0.252 e. The number of rotatable bonds is 6. The number of fused-ring (bicyclic) bond motifs is 11. The van der Waals surface area contributed by atoms with Gasteiger partial charge in [0, 0.05) is 61.7 Å². The molecule has 0 N–H and O–H groups in total. The van der Waals surface area contributed by atoms with Gasteiger partial charge in [0.1, 0.15) is 5.58 Å². The van der Waals surface area contributed by atoms with Gasteiger partial charge in [0.05, 0.1) is 27.8 Å². The molecule has 0 fully saturated rings. The summed E-state index contributed by atoms with van der Waals surface area (Å²) in [6, 6.07) is 78.6. The molecule has 2 aliphatic heterocycles. The average Bonchev–Trinajstić information content (AvgIpc) is 1.09. The fraction of sp³-hybridized carbons (Fsp3) is 0.250. The van der Waals surface area contributed by atoms with Crippen LogP contribution in [-0.4, -0.2) is 11.3 Å². The number of hydrogen-bond donors (Lipinski definition) is 0. The zero-order valence-corrected chi connectivity index (χ0v) is 52.9. The van der Waals surface area contributed by atoms with E-state index >= 15 is 0 Å². The maximum absolute atomic E-state index is 7.55. The minimum absolute atomic E-state index is 0.00182. The molecule has 0 aliphatic carbocycles. The number of nitrogens with zero attached hydrogens (tertiary/aromatic N) is 4. The van der Waals surface area contributed by atoms with Crippen molar-refractivity contribution in [2.45, 2.75) is 131 Å². The van der Waals surface area contributed by atoms with Gasteiger partial charge in [-0.3, -0.25) is 0 Å². The molecule has 0 amide bonds.